The number of nitrogens with zero attached hydrogens (tertiary/aromatic N) is 2. The highest BCUT2D eigenvalue weighted by Crippen LogP contribution is 2.34. The van der Waals surface area contributed by atoms with E-state index in [0.29, 0.717) is 4.88 Å². The third kappa shape index (κ3) is 6.28. The van der Waals surface area contributed by atoms with Crippen LogP contribution in [-0.2, 0) is 4.74 Å². The number of thiophene rings is 1. The smallest absolute Gasteiger partial charge is 0.349 e. The number of esters is 1. The number of carbonyl (C=O) groups is 1. The molecule has 0 radical (unpaired) electrons. The fourth-order valence-corrected chi connectivity index (χ4v) is 4.98. The third-order valence-electron chi connectivity index (χ3n) is 5.05. The molecule has 9 heteroatoms. The van der Waals surface area contributed by atoms with E-state index in [1.54, 1.807) is 7.11 Å². The summed E-state index contributed by atoms with van der Waals surface area (Å²) in [5, 5.41) is 5.36. The van der Waals surface area contributed by atoms with Crippen LogP contribution < -0.4 is 14.8 Å². The summed E-state index contributed by atoms with van der Waals surface area (Å²) >= 11 is 2.74. The number of anilines is 2. The van der Waals surface area contributed by atoms with Gasteiger partial charge in [-0.1, -0.05) is 0 Å². The molecule has 1 aliphatic heterocycles. The van der Waals surface area contributed by atoms with Gasteiger partial charge in [-0.2, -0.15) is 0 Å². The van der Waals surface area contributed by atoms with Gasteiger partial charge in [0.1, 0.15) is 10.6 Å². The molecule has 30 heavy (non-hydrogen) atoms. The van der Waals surface area contributed by atoms with E-state index in [4.69, 9.17) is 9.47 Å². The lowest BCUT2D eigenvalue weighted by Crippen LogP contribution is -2.44. The van der Waals surface area contributed by atoms with Gasteiger partial charge in [0.15, 0.2) is 0 Å². The maximum atomic E-state index is 11.8. The lowest BCUT2D eigenvalue weighted by molar-refractivity contribution is 0.0603. The number of rotatable bonds is 10. The molecule has 0 aliphatic carbocycles. The van der Waals surface area contributed by atoms with Crippen LogP contribution >= 0.6 is 23.3 Å². The number of ether oxygens (including phenoxy) is 2. The summed E-state index contributed by atoms with van der Waals surface area (Å²) in [7, 11) is 5.23. The zero-order valence-corrected chi connectivity index (χ0v) is 19.4. The van der Waals surface area contributed by atoms with Crippen LogP contribution in [0.4, 0.5) is 11.4 Å². The minimum Gasteiger partial charge on any atom is -0.494 e. The van der Waals surface area contributed by atoms with Crippen LogP contribution in [0.15, 0.2) is 34.5 Å². The van der Waals surface area contributed by atoms with Crippen molar-refractivity contribution in [3.8, 4) is 5.75 Å². The van der Waals surface area contributed by atoms with E-state index in [1.807, 2.05) is 29.6 Å². The molecule has 1 aromatic carbocycles. The largest absolute Gasteiger partial charge is 0.494 e. The molecule has 1 fully saturated rings. The summed E-state index contributed by atoms with van der Waals surface area (Å²) in [5.74, 6) is 0.429. The van der Waals surface area contributed by atoms with Crippen LogP contribution in [0.3, 0.4) is 0 Å². The van der Waals surface area contributed by atoms with Gasteiger partial charge in [-0.15, -0.1) is 11.3 Å². The second-order valence-corrected chi connectivity index (χ2v) is 8.91. The van der Waals surface area contributed by atoms with Crippen molar-refractivity contribution < 1.29 is 14.3 Å². The molecule has 0 bridgehead atoms. The van der Waals surface area contributed by atoms with Crippen molar-refractivity contribution in [3.05, 3.63) is 34.5 Å². The van der Waals surface area contributed by atoms with Crippen LogP contribution in [0.25, 0.3) is 0 Å². The summed E-state index contributed by atoms with van der Waals surface area (Å²) in [5.41, 5.74) is 1.89. The molecule has 2 N–H and O–H groups in total. The molecular weight excluding hydrogens is 420 g/mol. The third-order valence-corrected chi connectivity index (χ3v) is 6.95. The van der Waals surface area contributed by atoms with Gasteiger partial charge in [0.05, 0.1) is 24.8 Å². The molecule has 1 aliphatic rings. The number of piperazine rings is 1. The molecule has 0 atom stereocenters. The van der Waals surface area contributed by atoms with Crippen LogP contribution in [0.5, 0.6) is 5.75 Å². The molecule has 2 heterocycles. The standard InChI is InChI=1S/C21H30N4O3S2/c1-24-10-12-25(13-11-24)9-4-8-22-16-5-6-17(18(15-16)27-2)23-30-19-7-14-29-20(19)21(26)28-3/h5-7,14-15,22-23H,4,8-13H2,1-3H3. The van der Waals surface area contributed by atoms with E-state index in [2.05, 4.69) is 26.9 Å². The fraction of sp³-hybridized carbons (Fsp3) is 0.476. The quantitative estimate of drug-likeness (QED) is 0.323. The van der Waals surface area contributed by atoms with E-state index >= 15 is 0 Å². The monoisotopic (exact) mass is 450 g/mol. The normalized spacial score (nSPS) is 15.0. The molecule has 164 valence electrons. The zero-order chi connectivity index (χ0) is 21.3. The Balaban J connectivity index is 1.48. The zero-order valence-electron chi connectivity index (χ0n) is 17.8. The van der Waals surface area contributed by atoms with Gasteiger partial charge in [0, 0.05) is 44.5 Å². The fourth-order valence-electron chi connectivity index (χ4n) is 3.22. The molecule has 0 saturated carbocycles. The first-order chi connectivity index (χ1) is 14.6. The van der Waals surface area contributed by atoms with Crippen molar-refractivity contribution in [2.45, 2.75) is 11.3 Å². The van der Waals surface area contributed by atoms with E-state index in [9.17, 15) is 4.79 Å². The first-order valence-electron chi connectivity index (χ1n) is 10.0. The van der Waals surface area contributed by atoms with Gasteiger partial charge >= 0.3 is 5.97 Å². The number of likely N-dealkylation sites (N-methyl/N-ethyl adjacent to an activating group) is 1. The summed E-state index contributed by atoms with van der Waals surface area (Å²) in [6.45, 7) is 6.67. The molecule has 2 aromatic rings. The Hall–Kier alpha value is -1.94. The van der Waals surface area contributed by atoms with Crippen LogP contribution in [0.1, 0.15) is 16.1 Å². The highest BCUT2D eigenvalue weighted by atomic mass is 32.2. The Morgan fingerprint density at radius 2 is 2.00 bits per heavy atom. The van der Waals surface area contributed by atoms with Crippen LogP contribution in [0.2, 0.25) is 0 Å². The molecule has 0 amide bonds. The molecule has 0 unspecified atom stereocenters. The molecule has 1 aromatic heterocycles. The lowest BCUT2D eigenvalue weighted by Gasteiger charge is -2.32. The van der Waals surface area contributed by atoms with Gasteiger partial charge in [-0.05, 0) is 55.5 Å². The maximum Gasteiger partial charge on any atom is 0.349 e. The number of nitrogens with one attached hydrogen (secondary N) is 2. The van der Waals surface area contributed by atoms with Crippen LogP contribution in [0, 0.1) is 0 Å². The molecule has 7 nitrogen and oxygen atoms in total. The van der Waals surface area contributed by atoms with Gasteiger partial charge in [-0.3, -0.25) is 0 Å². The predicted octanol–water partition coefficient (Wildman–Crippen LogP) is 3.71. The predicted molar refractivity (Wildman–Crippen MR) is 125 cm³/mol. The van der Waals surface area contributed by atoms with Crippen molar-refractivity contribution >= 4 is 40.6 Å². The number of benzene rings is 1. The first-order valence-corrected chi connectivity index (χ1v) is 11.7. The lowest BCUT2D eigenvalue weighted by atomic mass is 10.2. The number of carbonyl (C=O) groups excluding carboxylic acids is 1. The Morgan fingerprint density at radius 3 is 2.73 bits per heavy atom. The first kappa shape index (κ1) is 22.7. The number of methoxy groups -OCH3 is 2. The molecule has 1 saturated heterocycles. The van der Waals surface area contributed by atoms with E-state index in [-0.39, 0.29) is 5.97 Å². The summed E-state index contributed by atoms with van der Waals surface area (Å²) in [4.78, 5) is 18.2. The van der Waals surface area contributed by atoms with E-state index in [1.165, 1.54) is 30.4 Å². The second-order valence-electron chi connectivity index (χ2n) is 7.15. The summed E-state index contributed by atoms with van der Waals surface area (Å²) in [6, 6.07) is 7.92. The molecule has 3 rings (SSSR count). The Bertz CT molecular complexity index is 822. The van der Waals surface area contributed by atoms with Gasteiger partial charge < -0.3 is 29.3 Å². The van der Waals surface area contributed by atoms with Gasteiger partial charge in [-0.25, -0.2) is 4.79 Å². The summed E-state index contributed by atoms with van der Waals surface area (Å²) in [6.07, 6.45) is 1.11. The highest BCUT2D eigenvalue weighted by molar-refractivity contribution is 8.00. The minimum atomic E-state index is -0.322. The van der Waals surface area contributed by atoms with Gasteiger partial charge in [0.2, 0.25) is 0 Å². The van der Waals surface area contributed by atoms with E-state index < -0.39 is 0 Å². The highest BCUT2D eigenvalue weighted by Gasteiger charge is 2.15. The molecule has 0 spiro atoms. The van der Waals surface area contributed by atoms with Crippen molar-refractivity contribution in [3.63, 3.8) is 0 Å². The Labute approximate surface area is 186 Å². The van der Waals surface area contributed by atoms with Crippen molar-refractivity contribution in [1.82, 2.24) is 9.80 Å². The number of hydrogen-bond donors (Lipinski definition) is 2. The average Bonchev–Trinajstić information content (AvgIpc) is 3.25. The maximum absolute atomic E-state index is 11.8. The minimum absolute atomic E-state index is 0.322. The van der Waals surface area contributed by atoms with Crippen molar-refractivity contribution in [2.75, 3.05) is 70.6 Å². The van der Waals surface area contributed by atoms with Crippen molar-refractivity contribution in [2.24, 2.45) is 0 Å². The SMILES string of the molecule is COC(=O)c1sccc1SNc1ccc(NCCCN2CCN(C)CC2)cc1OC. The molecular formula is C21H30N4O3S2. The second kappa shape index (κ2) is 11.5. The Morgan fingerprint density at radius 1 is 1.20 bits per heavy atom. The topological polar surface area (TPSA) is 66.1 Å². The number of hydrogen-bond acceptors (Lipinski definition) is 9. The van der Waals surface area contributed by atoms with Crippen molar-refractivity contribution in [1.29, 1.82) is 0 Å². The van der Waals surface area contributed by atoms with E-state index in [0.717, 1.165) is 67.7 Å². The van der Waals surface area contributed by atoms with Gasteiger partial charge in [0.25, 0.3) is 0 Å². The summed E-state index contributed by atoms with van der Waals surface area (Å²) < 4.78 is 13.7. The van der Waals surface area contributed by atoms with Crippen LogP contribution in [-0.4, -0.2) is 76.3 Å². The average molecular weight is 451 g/mol. The Kier molecular flexibility index (Phi) is 8.68.